The minimum absolute atomic E-state index is 0.428. The molecule has 0 spiro atoms. The largest absolute Gasteiger partial charge is 0.387 e. The summed E-state index contributed by atoms with van der Waals surface area (Å²) in [5.74, 6) is 0.888. The van der Waals surface area contributed by atoms with E-state index in [1.54, 1.807) is 0 Å². The molecule has 0 radical (unpaired) electrons. The van der Waals surface area contributed by atoms with Crippen molar-refractivity contribution in [1.82, 2.24) is 4.98 Å². The molecule has 1 aliphatic heterocycles. The lowest BCUT2D eigenvalue weighted by atomic mass is 9.98. The van der Waals surface area contributed by atoms with Crippen molar-refractivity contribution in [3.63, 3.8) is 0 Å². The van der Waals surface area contributed by atoms with Crippen molar-refractivity contribution < 1.29 is 5.11 Å². The molecule has 1 saturated heterocycles. The Morgan fingerprint density at radius 3 is 2.79 bits per heavy atom. The van der Waals surface area contributed by atoms with Gasteiger partial charge < -0.3 is 10.0 Å². The Morgan fingerprint density at radius 1 is 1.32 bits per heavy atom. The van der Waals surface area contributed by atoms with E-state index in [9.17, 15) is 5.11 Å². The molecule has 1 unspecified atom stereocenters. The summed E-state index contributed by atoms with van der Waals surface area (Å²) in [6.45, 7) is 6.53. The third-order valence-corrected chi connectivity index (χ3v) is 4.29. The number of hydrogen-bond donors (Lipinski definition) is 1. The molecule has 106 valence electrons. The van der Waals surface area contributed by atoms with Crippen LogP contribution >= 0.6 is 0 Å². The molecule has 0 saturated carbocycles. The van der Waals surface area contributed by atoms with Crippen LogP contribution in [0, 0.1) is 5.92 Å². The van der Waals surface area contributed by atoms with Crippen molar-refractivity contribution in [3.8, 4) is 0 Å². The van der Waals surface area contributed by atoms with Gasteiger partial charge in [-0.05, 0) is 43.7 Å². The van der Waals surface area contributed by atoms with E-state index in [-0.39, 0.29) is 0 Å². The van der Waals surface area contributed by atoms with Crippen LogP contribution < -0.4 is 4.90 Å². The average molecular weight is 262 g/mol. The minimum atomic E-state index is -0.428. The van der Waals surface area contributed by atoms with Gasteiger partial charge in [0.2, 0.25) is 0 Å². The monoisotopic (exact) mass is 262 g/mol. The molecule has 19 heavy (non-hydrogen) atoms. The highest BCUT2D eigenvalue weighted by atomic mass is 16.3. The molecule has 3 nitrogen and oxygen atoms in total. The van der Waals surface area contributed by atoms with Gasteiger partial charge in [0, 0.05) is 13.1 Å². The lowest BCUT2D eigenvalue weighted by Crippen LogP contribution is -2.24. The van der Waals surface area contributed by atoms with Gasteiger partial charge in [-0.2, -0.15) is 0 Å². The van der Waals surface area contributed by atoms with Gasteiger partial charge in [-0.15, -0.1) is 0 Å². The Bertz CT molecular complexity index is 377. The van der Waals surface area contributed by atoms with Gasteiger partial charge in [-0.3, -0.25) is 4.98 Å². The topological polar surface area (TPSA) is 36.4 Å². The molecule has 1 aromatic heterocycles. The maximum atomic E-state index is 9.77. The number of anilines is 1. The second-order valence-corrected chi connectivity index (χ2v) is 5.56. The summed E-state index contributed by atoms with van der Waals surface area (Å²) in [7, 11) is 0. The van der Waals surface area contributed by atoms with E-state index in [2.05, 4.69) is 22.9 Å². The van der Waals surface area contributed by atoms with Crippen LogP contribution in [-0.2, 0) is 0 Å². The SMILES string of the molecule is CCC1CCCN(c2ccc([C@@H](O)CC)nc2)CC1. The van der Waals surface area contributed by atoms with Gasteiger partial charge in [0.25, 0.3) is 0 Å². The molecule has 1 aromatic rings. The van der Waals surface area contributed by atoms with Crippen molar-refractivity contribution in [1.29, 1.82) is 0 Å². The number of nitrogens with zero attached hydrogens (tertiary/aromatic N) is 2. The van der Waals surface area contributed by atoms with Crippen molar-refractivity contribution in [2.24, 2.45) is 5.92 Å². The first-order chi connectivity index (χ1) is 9.24. The molecule has 1 N–H and O–H groups in total. The highest BCUT2D eigenvalue weighted by Gasteiger charge is 2.16. The third-order valence-electron chi connectivity index (χ3n) is 4.29. The maximum absolute atomic E-state index is 9.77. The number of pyridine rings is 1. The fraction of sp³-hybridized carbons (Fsp3) is 0.688. The van der Waals surface area contributed by atoms with Crippen LogP contribution in [0.4, 0.5) is 5.69 Å². The van der Waals surface area contributed by atoms with Gasteiger partial charge >= 0.3 is 0 Å². The van der Waals surface area contributed by atoms with Crippen LogP contribution in [0.15, 0.2) is 18.3 Å². The van der Waals surface area contributed by atoms with E-state index in [1.807, 2.05) is 19.2 Å². The number of aromatic nitrogens is 1. The van der Waals surface area contributed by atoms with Crippen molar-refractivity contribution in [2.45, 2.75) is 52.1 Å². The molecular weight excluding hydrogens is 236 g/mol. The van der Waals surface area contributed by atoms with Crippen LogP contribution in [0.2, 0.25) is 0 Å². The van der Waals surface area contributed by atoms with E-state index in [0.717, 1.165) is 24.7 Å². The summed E-state index contributed by atoms with van der Waals surface area (Å²) in [6, 6.07) is 4.07. The molecule has 2 heterocycles. The summed E-state index contributed by atoms with van der Waals surface area (Å²) in [4.78, 5) is 6.84. The highest BCUT2D eigenvalue weighted by molar-refractivity contribution is 5.44. The Kier molecular flexibility index (Phi) is 5.20. The molecule has 0 aromatic carbocycles. The molecule has 2 atom stereocenters. The summed E-state index contributed by atoms with van der Waals surface area (Å²) >= 11 is 0. The standard InChI is InChI=1S/C16H26N2O/c1-3-13-6-5-10-18(11-9-13)14-7-8-15(17-12-14)16(19)4-2/h7-8,12-13,16,19H,3-6,9-11H2,1-2H3/t13?,16-/m0/s1. The van der Waals surface area contributed by atoms with Crippen molar-refractivity contribution in [3.05, 3.63) is 24.0 Å². The van der Waals surface area contributed by atoms with Crippen molar-refractivity contribution >= 4 is 5.69 Å². The first kappa shape index (κ1) is 14.3. The Balaban J connectivity index is 2.01. The summed E-state index contributed by atoms with van der Waals surface area (Å²) < 4.78 is 0. The zero-order chi connectivity index (χ0) is 13.7. The molecule has 0 bridgehead atoms. The van der Waals surface area contributed by atoms with Gasteiger partial charge in [0.05, 0.1) is 23.7 Å². The highest BCUT2D eigenvalue weighted by Crippen LogP contribution is 2.25. The number of aliphatic hydroxyl groups excluding tert-OH is 1. The fourth-order valence-electron chi connectivity index (χ4n) is 2.82. The van der Waals surface area contributed by atoms with E-state index >= 15 is 0 Å². The maximum Gasteiger partial charge on any atom is 0.0957 e. The van der Waals surface area contributed by atoms with Crippen LogP contribution in [0.5, 0.6) is 0 Å². The second-order valence-electron chi connectivity index (χ2n) is 5.56. The van der Waals surface area contributed by atoms with E-state index in [4.69, 9.17) is 0 Å². The molecule has 0 amide bonds. The van der Waals surface area contributed by atoms with Crippen molar-refractivity contribution in [2.75, 3.05) is 18.0 Å². The zero-order valence-electron chi connectivity index (χ0n) is 12.2. The van der Waals surface area contributed by atoms with Crippen LogP contribution in [0.25, 0.3) is 0 Å². The van der Waals surface area contributed by atoms with Crippen LogP contribution in [0.1, 0.15) is 57.7 Å². The van der Waals surface area contributed by atoms with Gasteiger partial charge in [-0.25, -0.2) is 0 Å². The number of hydrogen-bond acceptors (Lipinski definition) is 3. The van der Waals surface area contributed by atoms with Gasteiger partial charge in [0.1, 0.15) is 0 Å². The first-order valence-electron chi connectivity index (χ1n) is 7.63. The fourth-order valence-corrected chi connectivity index (χ4v) is 2.82. The van der Waals surface area contributed by atoms with E-state index < -0.39 is 6.10 Å². The Labute approximate surface area is 116 Å². The second kappa shape index (κ2) is 6.90. The number of rotatable bonds is 4. The van der Waals surface area contributed by atoms with Gasteiger partial charge in [0.15, 0.2) is 0 Å². The average Bonchev–Trinajstić information content (AvgIpc) is 2.72. The summed E-state index contributed by atoms with van der Waals surface area (Å²) in [6.07, 6.45) is 7.42. The molecule has 3 heteroatoms. The normalized spacial score (nSPS) is 22.1. The number of aliphatic hydroxyl groups is 1. The molecule has 1 fully saturated rings. The minimum Gasteiger partial charge on any atom is -0.387 e. The Hall–Kier alpha value is -1.09. The first-order valence-corrected chi connectivity index (χ1v) is 7.63. The quantitative estimate of drug-likeness (QED) is 0.901. The zero-order valence-corrected chi connectivity index (χ0v) is 12.2. The van der Waals surface area contributed by atoms with Gasteiger partial charge in [-0.1, -0.05) is 20.3 Å². The van der Waals surface area contributed by atoms with Crippen LogP contribution in [0.3, 0.4) is 0 Å². The summed E-state index contributed by atoms with van der Waals surface area (Å²) in [5.41, 5.74) is 1.98. The predicted molar refractivity (Wildman–Crippen MR) is 79.3 cm³/mol. The lowest BCUT2D eigenvalue weighted by molar-refractivity contribution is 0.169. The third kappa shape index (κ3) is 3.69. The lowest BCUT2D eigenvalue weighted by Gasteiger charge is -2.23. The predicted octanol–water partition coefficient (Wildman–Crippen LogP) is 3.54. The summed E-state index contributed by atoms with van der Waals surface area (Å²) in [5, 5.41) is 9.77. The van der Waals surface area contributed by atoms with Crippen LogP contribution in [-0.4, -0.2) is 23.2 Å². The molecule has 0 aliphatic carbocycles. The smallest absolute Gasteiger partial charge is 0.0957 e. The van der Waals surface area contributed by atoms with E-state index in [1.165, 1.54) is 31.4 Å². The molecule has 1 aliphatic rings. The Morgan fingerprint density at radius 2 is 2.16 bits per heavy atom. The molecule has 2 rings (SSSR count). The van der Waals surface area contributed by atoms with E-state index in [0.29, 0.717) is 6.42 Å². The molecular formula is C16H26N2O.